The molecule has 0 atom stereocenters. The third-order valence-electron chi connectivity index (χ3n) is 3.95. The van der Waals surface area contributed by atoms with Gasteiger partial charge in [0, 0.05) is 32.2 Å². The topological polar surface area (TPSA) is 49.6 Å². The Bertz CT molecular complexity index is 492. The number of rotatable bonds is 1. The summed E-state index contributed by atoms with van der Waals surface area (Å²) in [6.07, 6.45) is 3.37. The number of nitrogens with two attached hydrogens (primary N) is 1. The molecule has 0 unspecified atom stereocenters. The normalized spacial score (nSPS) is 18.3. The van der Waals surface area contributed by atoms with E-state index in [1.807, 2.05) is 11.0 Å². The number of hydrogen-bond donors (Lipinski definition) is 1. The highest BCUT2D eigenvalue weighted by atomic mass is 16.2. The predicted octanol–water partition coefficient (Wildman–Crippen LogP) is 1.78. The second kappa shape index (κ2) is 4.19. The molecule has 96 valence electrons. The maximum atomic E-state index is 11.6. The molecule has 1 aromatic carbocycles. The van der Waals surface area contributed by atoms with Crippen molar-refractivity contribution in [1.82, 2.24) is 0 Å². The molecule has 0 aliphatic carbocycles. The van der Waals surface area contributed by atoms with Gasteiger partial charge in [0.25, 0.3) is 0 Å². The molecule has 1 amide bonds. The number of nitrogens with zero attached hydrogens (tertiary/aromatic N) is 2. The van der Waals surface area contributed by atoms with Crippen LogP contribution in [0.3, 0.4) is 0 Å². The van der Waals surface area contributed by atoms with E-state index in [2.05, 4.69) is 11.0 Å². The monoisotopic (exact) mass is 245 g/mol. The van der Waals surface area contributed by atoms with E-state index < -0.39 is 0 Å². The van der Waals surface area contributed by atoms with Crippen LogP contribution in [0.5, 0.6) is 0 Å². The third kappa shape index (κ3) is 1.72. The fourth-order valence-corrected chi connectivity index (χ4v) is 3.00. The van der Waals surface area contributed by atoms with Crippen LogP contribution < -0.4 is 15.5 Å². The van der Waals surface area contributed by atoms with E-state index in [-0.39, 0.29) is 5.91 Å². The highest BCUT2D eigenvalue weighted by molar-refractivity contribution is 5.95. The Morgan fingerprint density at radius 1 is 1.17 bits per heavy atom. The van der Waals surface area contributed by atoms with Crippen LogP contribution in [0.4, 0.5) is 17.1 Å². The minimum Gasteiger partial charge on any atom is -0.397 e. The van der Waals surface area contributed by atoms with E-state index in [1.165, 1.54) is 18.4 Å². The van der Waals surface area contributed by atoms with Crippen molar-refractivity contribution in [3.8, 4) is 0 Å². The quantitative estimate of drug-likeness (QED) is 0.767. The number of amides is 1. The molecular formula is C14H19N3O. The summed E-state index contributed by atoms with van der Waals surface area (Å²) in [5.74, 6) is 0.117. The lowest BCUT2D eigenvalue weighted by atomic mass is 10.1. The van der Waals surface area contributed by atoms with Gasteiger partial charge in [0.15, 0.2) is 0 Å². The smallest absolute Gasteiger partial charge is 0.223 e. The summed E-state index contributed by atoms with van der Waals surface area (Å²) in [6.45, 7) is 4.56. The van der Waals surface area contributed by atoms with Crippen molar-refractivity contribution >= 4 is 23.0 Å². The summed E-state index contributed by atoms with van der Waals surface area (Å²) in [5, 5.41) is 0. The summed E-state index contributed by atoms with van der Waals surface area (Å²) in [6, 6.07) is 4.15. The minimum atomic E-state index is 0.117. The lowest BCUT2D eigenvalue weighted by Gasteiger charge is -2.23. The lowest BCUT2D eigenvalue weighted by molar-refractivity contribution is -0.116. The van der Waals surface area contributed by atoms with Gasteiger partial charge in [0.05, 0.1) is 11.4 Å². The van der Waals surface area contributed by atoms with Crippen LogP contribution in [-0.2, 0) is 11.2 Å². The SMILES string of the molecule is CC(=O)N1CCc2cc(N)c(N3CCCC3)cc21. The Balaban J connectivity index is 2.02. The zero-order valence-corrected chi connectivity index (χ0v) is 10.8. The van der Waals surface area contributed by atoms with Crippen molar-refractivity contribution in [2.75, 3.05) is 35.2 Å². The molecule has 2 N–H and O–H groups in total. The van der Waals surface area contributed by atoms with Crippen LogP contribution >= 0.6 is 0 Å². The van der Waals surface area contributed by atoms with Crippen LogP contribution in [0.2, 0.25) is 0 Å². The van der Waals surface area contributed by atoms with Crippen molar-refractivity contribution in [2.24, 2.45) is 0 Å². The first-order chi connectivity index (χ1) is 8.66. The van der Waals surface area contributed by atoms with Crippen molar-refractivity contribution < 1.29 is 4.79 Å². The fourth-order valence-electron chi connectivity index (χ4n) is 3.00. The van der Waals surface area contributed by atoms with Crippen LogP contribution in [0.1, 0.15) is 25.3 Å². The van der Waals surface area contributed by atoms with Gasteiger partial charge in [0.2, 0.25) is 5.91 Å². The lowest BCUT2D eigenvalue weighted by Crippen LogP contribution is -2.26. The largest absolute Gasteiger partial charge is 0.397 e. The van der Waals surface area contributed by atoms with Gasteiger partial charge in [-0.3, -0.25) is 4.79 Å². The zero-order chi connectivity index (χ0) is 12.7. The highest BCUT2D eigenvalue weighted by Crippen LogP contribution is 2.37. The van der Waals surface area contributed by atoms with Crippen molar-refractivity contribution in [3.05, 3.63) is 17.7 Å². The minimum absolute atomic E-state index is 0.117. The molecule has 1 fully saturated rings. The van der Waals surface area contributed by atoms with E-state index in [0.717, 1.165) is 43.1 Å². The fraction of sp³-hybridized carbons (Fsp3) is 0.500. The molecule has 3 rings (SSSR count). The van der Waals surface area contributed by atoms with Gasteiger partial charge in [-0.1, -0.05) is 0 Å². The van der Waals surface area contributed by atoms with E-state index in [0.29, 0.717) is 0 Å². The number of nitrogen functional groups attached to an aromatic ring is 1. The molecule has 1 saturated heterocycles. The average Bonchev–Trinajstić information content (AvgIpc) is 2.95. The Morgan fingerprint density at radius 2 is 1.89 bits per heavy atom. The molecule has 0 spiro atoms. The summed E-state index contributed by atoms with van der Waals surface area (Å²) in [5.41, 5.74) is 10.3. The molecule has 2 aliphatic rings. The molecular weight excluding hydrogens is 226 g/mol. The first-order valence-corrected chi connectivity index (χ1v) is 6.62. The van der Waals surface area contributed by atoms with Gasteiger partial charge in [-0.25, -0.2) is 0 Å². The number of benzene rings is 1. The number of carbonyl (C=O) groups is 1. The number of anilines is 3. The van der Waals surface area contributed by atoms with Gasteiger partial charge in [0.1, 0.15) is 0 Å². The van der Waals surface area contributed by atoms with Gasteiger partial charge in [-0.05, 0) is 37.0 Å². The van der Waals surface area contributed by atoms with Crippen molar-refractivity contribution in [3.63, 3.8) is 0 Å². The van der Waals surface area contributed by atoms with Gasteiger partial charge < -0.3 is 15.5 Å². The van der Waals surface area contributed by atoms with E-state index >= 15 is 0 Å². The van der Waals surface area contributed by atoms with Crippen LogP contribution in [0.15, 0.2) is 12.1 Å². The molecule has 0 bridgehead atoms. The first kappa shape index (κ1) is 11.4. The van der Waals surface area contributed by atoms with E-state index in [9.17, 15) is 4.79 Å². The average molecular weight is 245 g/mol. The number of fused-ring (bicyclic) bond motifs is 1. The predicted molar refractivity (Wildman–Crippen MR) is 74.0 cm³/mol. The highest BCUT2D eigenvalue weighted by Gasteiger charge is 2.25. The second-order valence-corrected chi connectivity index (χ2v) is 5.15. The van der Waals surface area contributed by atoms with Crippen molar-refractivity contribution in [2.45, 2.75) is 26.2 Å². The van der Waals surface area contributed by atoms with Crippen molar-refractivity contribution in [1.29, 1.82) is 0 Å². The molecule has 2 heterocycles. The summed E-state index contributed by atoms with van der Waals surface area (Å²) >= 11 is 0. The van der Waals surface area contributed by atoms with E-state index in [4.69, 9.17) is 5.73 Å². The molecule has 2 aliphatic heterocycles. The molecule has 18 heavy (non-hydrogen) atoms. The second-order valence-electron chi connectivity index (χ2n) is 5.15. The van der Waals surface area contributed by atoms with Crippen LogP contribution in [0.25, 0.3) is 0 Å². The van der Waals surface area contributed by atoms with Crippen LogP contribution in [-0.4, -0.2) is 25.5 Å². The number of hydrogen-bond acceptors (Lipinski definition) is 3. The maximum Gasteiger partial charge on any atom is 0.223 e. The molecule has 1 aromatic rings. The van der Waals surface area contributed by atoms with Gasteiger partial charge >= 0.3 is 0 Å². The van der Waals surface area contributed by atoms with Gasteiger partial charge in [-0.2, -0.15) is 0 Å². The first-order valence-electron chi connectivity index (χ1n) is 6.62. The van der Waals surface area contributed by atoms with Crippen LogP contribution in [0, 0.1) is 0 Å². The molecule has 4 nitrogen and oxygen atoms in total. The molecule has 4 heteroatoms. The standard InChI is InChI=1S/C14H19N3O/c1-10(18)17-7-4-11-8-12(15)14(9-13(11)17)16-5-2-3-6-16/h8-9H,2-7,15H2,1H3. The Kier molecular flexibility index (Phi) is 2.65. The summed E-state index contributed by atoms with van der Waals surface area (Å²) < 4.78 is 0. The Morgan fingerprint density at radius 3 is 2.56 bits per heavy atom. The summed E-state index contributed by atoms with van der Waals surface area (Å²) in [4.78, 5) is 15.8. The molecule has 0 radical (unpaired) electrons. The Hall–Kier alpha value is -1.71. The molecule has 0 saturated carbocycles. The third-order valence-corrected chi connectivity index (χ3v) is 3.95. The number of carbonyl (C=O) groups excluding carboxylic acids is 1. The summed E-state index contributed by atoms with van der Waals surface area (Å²) in [7, 11) is 0. The maximum absolute atomic E-state index is 11.6. The zero-order valence-electron chi connectivity index (χ0n) is 10.8. The Labute approximate surface area is 107 Å². The van der Waals surface area contributed by atoms with Gasteiger partial charge in [-0.15, -0.1) is 0 Å². The molecule has 0 aromatic heterocycles. The van der Waals surface area contributed by atoms with E-state index in [1.54, 1.807) is 6.92 Å².